The summed E-state index contributed by atoms with van der Waals surface area (Å²) < 4.78 is 32.7. The molecule has 0 bridgehead atoms. The lowest BCUT2D eigenvalue weighted by Crippen LogP contribution is -2.23. The van der Waals surface area contributed by atoms with E-state index in [4.69, 9.17) is 4.74 Å². The molecule has 6 nitrogen and oxygen atoms in total. The first kappa shape index (κ1) is 25.3. The fraction of sp³-hybridized carbons (Fsp3) is 0.148. The summed E-state index contributed by atoms with van der Waals surface area (Å²) in [5.41, 5.74) is 1.73. The Morgan fingerprint density at radius 2 is 1.80 bits per heavy atom. The summed E-state index contributed by atoms with van der Waals surface area (Å²) in [6.45, 7) is 5.28. The van der Waals surface area contributed by atoms with E-state index in [-0.39, 0.29) is 12.5 Å². The number of anilines is 1. The van der Waals surface area contributed by atoms with Crippen LogP contribution in [0.25, 0.3) is 0 Å². The molecule has 0 aliphatic carbocycles. The van der Waals surface area contributed by atoms with Gasteiger partial charge in [0.2, 0.25) is 0 Å². The minimum Gasteiger partial charge on any atom is -0.457 e. The van der Waals surface area contributed by atoms with E-state index in [2.05, 4.69) is 15.6 Å². The molecule has 0 aliphatic rings. The number of hydrogen-bond donors (Lipinski definition) is 2. The zero-order valence-electron chi connectivity index (χ0n) is 19.6. The largest absolute Gasteiger partial charge is 0.457 e. The van der Waals surface area contributed by atoms with Gasteiger partial charge in [0.15, 0.2) is 0 Å². The van der Waals surface area contributed by atoms with Gasteiger partial charge in [-0.25, -0.2) is 13.8 Å². The number of rotatable bonds is 8. The van der Waals surface area contributed by atoms with Crippen LogP contribution in [0.2, 0.25) is 0 Å². The van der Waals surface area contributed by atoms with Gasteiger partial charge in [0, 0.05) is 41.6 Å². The Morgan fingerprint density at radius 3 is 2.49 bits per heavy atom. The lowest BCUT2D eigenvalue weighted by molar-refractivity contribution is -0.112. The molecule has 0 saturated heterocycles. The van der Waals surface area contributed by atoms with Crippen molar-refractivity contribution in [2.75, 3.05) is 5.32 Å². The molecule has 2 aromatic carbocycles. The van der Waals surface area contributed by atoms with Crippen LogP contribution < -0.4 is 15.4 Å². The predicted molar refractivity (Wildman–Crippen MR) is 130 cm³/mol. The highest BCUT2D eigenvalue weighted by molar-refractivity contribution is 6.05. The number of halogens is 2. The van der Waals surface area contributed by atoms with Gasteiger partial charge in [-0.05, 0) is 56.7 Å². The maximum atomic E-state index is 13.4. The molecule has 3 aromatic rings. The number of aromatic nitrogens is 1. The van der Waals surface area contributed by atoms with Gasteiger partial charge in [-0.3, -0.25) is 9.59 Å². The quantitative estimate of drug-likeness (QED) is 0.315. The highest BCUT2D eigenvalue weighted by Gasteiger charge is 2.14. The van der Waals surface area contributed by atoms with Crippen molar-refractivity contribution < 1.29 is 23.1 Å². The first-order valence-corrected chi connectivity index (χ1v) is 10.9. The van der Waals surface area contributed by atoms with Gasteiger partial charge in [0.05, 0.1) is 0 Å². The van der Waals surface area contributed by atoms with E-state index in [0.717, 1.165) is 18.2 Å². The van der Waals surface area contributed by atoms with Crippen molar-refractivity contribution in [3.05, 3.63) is 107 Å². The van der Waals surface area contributed by atoms with Crippen LogP contribution in [0.5, 0.6) is 11.5 Å². The third kappa shape index (κ3) is 6.83. The van der Waals surface area contributed by atoms with Crippen molar-refractivity contribution in [2.45, 2.75) is 27.3 Å². The predicted octanol–water partition coefficient (Wildman–Crippen LogP) is 5.85. The summed E-state index contributed by atoms with van der Waals surface area (Å²) in [6, 6.07) is 11.3. The number of carbonyl (C=O) groups is 2. The Hall–Kier alpha value is -4.33. The summed E-state index contributed by atoms with van der Waals surface area (Å²) in [7, 11) is 0. The Balaban J connectivity index is 1.72. The number of nitrogens with zero attached hydrogens (tertiary/aromatic N) is 1. The number of hydrogen-bond acceptors (Lipinski definition) is 4. The van der Waals surface area contributed by atoms with E-state index in [1.54, 1.807) is 62.4 Å². The fourth-order valence-electron chi connectivity index (χ4n) is 3.30. The molecule has 0 unspecified atom stereocenters. The molecule has 0 atom stereocenters. The molecule has 0 aliphatic heterocycles. The SMILES string of the molecule is C/C=C\C(=C/C)C(=O)Nc1cc(Oc2cccc(C(=O)NCc3cc(F)cc(F)c3)c2C)ccn1. The van der Waals surface area contributed by atoms with Crippen LogP contribution in [-0.4, -0.2) is 16.8 Å². The van der Waals surface area contributed by atoms with Crippen LogP contribution >= 0.6 is 0 Å². The highest BCUT2D eigenvalue weighted by Crippen LogP contribution is 2.28. The molecule has 2 N–H and O–H groups in total. The number of allylic oxidation sites excluding steroid dienone is 2. The minimum absolute atomic E-state index is 0.0349. The zero-order valence-corrected chi connectivity index (χ0v) is 19.6. The molecular weight excluding hydrogens is 452 g/mol. The summed E-state index contributed by atoms with van der Waals surface area (Å²) in [4.78, 5) is 29.2. The molecule has 1 aromatic heterocycles. The van der Waals surface area contributed by atoms with Gasteiger partial charge in [-0.15, -0.1) is 0 Å². The molecule has 180 valence electrons. The topological polar surface area (TPSA) is 80.3 Å². The Bertz CT molecular complexity index is 1280. The summed E-state index contributed by atoms with van der Waals surface area (Å²) in [5.74, 6) is -0.980. The number of carbonyl (C=O) groups excluding carboxylic acids is 2. The second-order valence-electron chi connectivity index (χ2n) is 7.57. The third-order valence-corrected chi connectivity index (χ3v) is 5.02. The Kier molecular flexibility index (Phi) is 8.45. The number of ether oxygens (including phenoxy) is 1. The Labute approximate surface area is 202 Å². The van der Waals surface area contributed by atoms with Gasteiger partial charge >= 0.3 is 0 Å². The Morgan fingerprint density at radius 1 is 1.06 bits per heavy atom. The second kappa shape index (κ2) is 11.7. The molecule has 0 radical (unpaired) electrons. The summed E-state index contributed by atoms with van der Waals surface area (Å²) in [5, 5.41) is 5.38. The summed E-state index contributed by atoms with van der Waals surface area (Å²) >= 11 is 0. The normalized spacial score (nSPS) is 11.4. The van der Waals surface area contributed by atoms with E-state index >= 15 is 0 Å². The van der Waals surface area contributed by atoms with E-state index in [1.165, 1.54) is 6.20 Å². The van der Waals surface area contributed by atoms with Crippen LogP contribution in [0.4, 0.5) is 14.6 Å². The minimum atomic E-state index is -0.711. The van der Waals surface area contributed by atoms with Crippen molar-refractivity contribution >= 4 is 17.6 Å². The molecule has 1 heterocycles. The molecule has 0 spiro atoms. The van der Waals surface area contributed by atoms with Gasteiger partial charge in [-0.1, -0.05) is 24.3 Å². The van der Waals surface area contributed by atoms with Gasteiger partial charge in [0.1, 0.15) is 29.0 Å². The monoisotopic (exact) mass is 477 g/mol. The highest BCUT2D eigenvalue weighted by atomic mass is 19.1. The number of nitrogens with one attached hydrogen (secondary N) is 2. The van der Waals surface area contributed by atoms with Crippen molar-refractivity contribution in [1.29, 1.82) is 0 Å². The average molecular weight is 478 g/mol. The average Bonchev–Trinajstić information content (AvgIpc) is 2.82. The first-order chi connectivity index (χ1) is 16.8. The van der Waals surface area contributed by atoms with E-state index in [1.807, 2.05) is 6.92 Å². The second-order valence-corrected chi connectivity index (χ2v) is 7.57. The smallest absolute Gasteiger partial charge is 0.256 e. The third-order valence-electron chi connectivity index (χ3n) is 5.02. The molecule has 3 rings (SSSR count). The van der Waals surface area contributed by atoms with Crippen molar-refractivity contribution in [3.8, 4) is 11.5 Å². The number of amides is 2. The molecule has 2 amide bonds. The van der Waals surface area contributed by atoms with Crippen LogP contribution in [0, 0.1) is 18.6 Å². The van der Waals surface area contributed by atoms with Gasteiger partial charge in [0.25, 0.3) is 11.8 Å². The fourth-order valence-corrected chi connectivity index (χ4v) is 3.30. The first-order valence-electron chi connectivity index (χ1n) is 10.9. The maximum absolute atomic E-state index is 13.4. The van der Waals surface area contributed by atoms with Crippen LogP contribution in [0.15, 0.2) is 78.5 Å². The van der Waals surface area contributed by atoms with Crippen LogP contribution in [-0.2, 0) is 11.3 Å². The maximum Gasteiger partial charge on any atom is 0.256 e. The van der Waals surface area contributed by atoms with Crippen molar-refractivity contribution in [3.63, 3.8) is 0 Å². The molecular formula is C27H25F2N3O3. The number of pyridine rings is 1. The molecule has 35 heavy (non-hydrogen) atoms. The van der Waals surface area contributed by atoms with Crippen molar-refractivity contribution in [1.82, 2.24) is 10.3 Å². The number of benzene rings is 2. The molecule has 8 heteroatoms. The summed E-state index contributed by atoms with van der Waals surface area (Å²) in [6.07, 6.45) is 6.66. The van der Waals surface area contributed by atoms with Crippen LogP contribution in [0.3, 0.4) is 0 Å². The van der Waals surface area contributed by atoms with E-state index < -0.39 is 17.5 Å². The zero-order chi connectivity index (χ0) is 25.4. The van der Waals surface area contributed by atoms with E-state index in [0.29, 0.717) is 39.6 Å². The van der Waals surface area contributed by atoms with E-state index in [9.17, 15) is 18.4 Å². The van der Waals surface area contributed by atoms with Gasteiger partial charge in [-0.2, -0.15) is 0 Å². The lowest BCUT2D eigenvalue weighted by Gasteiger charge is -2.13. The lowest BCUT2D eigenvalue weighted by atomic mass is 10.1. The van der Waals surface area contributed by atoms with Crippen molar-refractivity contribution in [2.24, 2.45) is 0 Å². The van der Waals surface area contributed by atoms with Gasteiger partial charge < -0.3 is 15.4 Å². The van der Waals surface area contributed by atoms with Crippen LogP contribution in [0.1, 0.15) is 35.3 Å². The standard InChI is InChI=1S/C27H25F2N3O3/c1-4-7-19(5-2)26(33)32-25-15-22(10-11-30-25)35-24-9-6-8-23(17(24)3)27(34)31-16-18-12-20(28)14-21(29)13-18/h4-15H,16H2,1-3H3,(H,31,34)(H,30,32,33)/b7-4-,19-5+. The molecule has 0 fully saturated rings. The molecule has 0 saturated carbocycles.